The molecule has 0 aliphatic heterocycles. The van der Waals surface area contributed by atoms with Gasteiger partial charge < -0.3 is 9.72 Å². The number of hydrogen-bond donors (Lipinski definition) is 1. The van der Waals surface area contributed by atoms with Crippen molar-refractivity contribution < 1.29 is 11.0 Å². The minimum Gasteiger partial charge on any atom is -0.464 e. The van der Waals surface area contributed by atoms with Gasteiger partial charge in [0, 0.05) is 7.62 Å². The molecular weight excluding hydrogens is 142 g/mol. The highest BCUT2D eigenvalue weighted by atomic mass is 16.5. The van der Waals surface area contributed by atoms with Gasteiger partial charge in [0.05, 0.1) is 7.11 Å². The van der Waals surface area contributed by atoms with E-state index in [-0.39, 0.29) is 7.40 Å². The summed E-state index contributed by atoms with van der Waals surface area (Å²) in [5.41, 5.74) is 0.484. The van der Waals surface area contributed by atoms with Crippen molar-refractivity contribution in [3.8, 4) is 0 Å². The van der Waals surface area contributed by atoms with Crippen LogP contribution in [0.4, 0.5) is 0 Å². The van der Waals surface area contributed by atoms with Crippen molar-refractivity contribution in [3.63, 3.8) is 0 Å². The largest absolute Gasteiger partial charge is 0.464 e. The second kappa shape index (κ2) is 5.53. The molecule has 0 aliphatic carbocycles. The lowest BCUT2D eigenvalue weighted by molar-refractivity contribution is 0.0595. The predicted molar refractivity (Wildman–Crippen MR) is 45.6 cm³/mol. The van der Waals surface area contributed by atoms with E-state index >= 15 is 0 Å². The number of rotatable bonds is 1. The Balaban J connectivity index is 0. The summed E-state index contributed by atoms with van der Waals surface area (Å²) in [5.74, 6) is -0.333. The van der Waals surface area contributed by atoms with Gasteiger partial charge in [0.2, 0.25) is 0 Å². The Labute approximate surface area is 67.9 Å². The molecule has 0 unspecified atom stereocenters. The fourth-order valence-electron chi connectivity index (χ4n) is 0.567. The molecule has 0 spiro atoms. The predicted octanol–water partition coefficient (Wildman–Crippen LogP) is 2.07. The summed E-state index contributed by atoms with van der Waals surface area (Å²) in [6.07, 6.45) is 1.67. The van der Waals surface area contributed by atoms with E-state index in [9.17, 15) is 4.79 Å². The summed E-state index contributed by atoms with van der Waals surface area (Å²) in [6.45, 7) is 4.00. The number of esters is 1. The molecule has 3 nitrogen and oxygen atoms in total. The van der Waals surface area contributed by atoms with E-state index in [4.69, 9.17) is 0 Å². The molecule has 3 heteroatoms. The van der Waals surface area contributed by atoms with Gasteiger partial charge in [-0.05, 0) is 12.1 Å². The molecule has 1 aromatic rings. The van der Waals surface area contributed by atoms with Crippen molar-refractivity contribution >= 4 is 5.97 Å². The lowest BCUT2D eigenvalue weighted by Crippen LogP contribution is -2.00. The number of methoxy groups -OCH3 is 1. The molecule has 1 aromatic heterocycles. The summed E-state index contributed by atoms with van der Waals surface area (Å²) in [4.78, 5) is 13.3. The third-order valence-corrected chi connectivity index (χ3v) is 1.00. The minimum atomic E-state index is -0.333. The van der Waals surface area contributed by atoms with Crippen molar-refractivity contribution in [1.82, 2.24) is 4.98 Å². The number of aromatic nitrogens is 1. The summed E-state index contributed by atoms with van der Waals surface area (Å²) >= 11 is 0. The summed E-state index contributed by atoms with van der Waals surface area (Å²) in [6, 6.07) is 3.40. The molecule has 0 fully saturated rings. The van der Waals surface area contributed by atoms with Gasteiger partial charge in [0.25, 0.3) is 0 Å². The zero-order chi connectivity index (χ0) is 8.69. The zero-order valence-electron chi connectivity index (χ0n) is 7.05. The Morgan fingerprint density at radius 3 is 2.64 bits per heavy atom. The average Bonchev–Trinajstić information content (AvgIpc) is 2.59. The van der Waals surface area contributed by atoms with Crippen molar-refractivity contribution in [2.75, 3.05) is 7.11 Å². The molecule has 1 rings (SSSR count). The number of carbonyl (C=O) groups is 1. The Kier molecular flexibility index (Phi) is 4.90. The Morgan fingerprint density at radius 1 is 1.64 bits per heavy atom. The molecule has 0 aliphatic rings. The van der Waals surface area contributed by atoms with Gasteiger partial charge >= 0.3 is 5.97 Å². The number of aromatic amines is 1. The van der Waals surface area contributed by atoms with Gasteiger partial charge in [-0.15, -0.1) is 0 Å². The quantitative estimate of drug-likeness (QED) is 0.634. The van der Waals surface area contributed by atoms with Crippen LogP contribution in [-0.2, 0) is 4.74 Å². The monoisotopic (exact) mass is 157 g/mol. The second-order valence-electron chi connectivity index (χ2n) is 1.58. The molecule has 0 amide bonds. The molecule has 0 bridgehead atoms. The van der Waals surface area contributed by atoms with Crippen molar-refractivity contribution in [3.05, 3.63) is 24.0 Å². The van der Waals surface area contributed by atoms with Gasteiger partial charge in [-0.3, -0.25) is 0 Å². The fourth-order valence-corrected chi connectivity index (χ4v) is 0.567. The molecule has 0 radical (unpaired) electrons. The first-order valence-corrected chi connectivity index (χ1v) is 3.56. The smallest absolute Gasteiger partial charge is 0.354 e. The van der Waals surface area contributed by atoms with Crippen molar-refractivity contribution in [2.45, 2.75) is 13.8 Å². The van der Waals surface area contributed by atoms with E-state index in [1.165, 1.54) is 7.11 Å². The maximum absolute atomic E-state index is 10.6. The van der Waals surface area contributed by atoms with Gasteiger partial charge in [-0.1, -0.05) is 13.8 Å². The maximum Gasteiger partial charge on any atom is 0.354 e. The summed E-state index contributed by atoms with van der Waals surface area (Å²) in [7, 11) is 1.35. The molecule has 1 N–H and O–H groups in total. The lowest BCUT2D eigenvalue weighted by atomic mass is 10.4. The first-order valence-electron chi connectivity index (χ1n) is 3.56. The van der Waals surface area contributed by atoms with Gasteiger partial charge in [0.15, 0.2) is 0 Å². The van der Waals surface area contributed by atoms with Crippen LogP contribution < -0.4 is 0 Å². The molecule has 0 aromatic carbocycles. The molecule has 0 saturated carbocycles. The summed E-state index contributed by atoms with van der Waals surface area (Å²) in [5, 5.41) is 0. The van der Waals surface area contributed by atoms with Crippen LogP contribution in [0.1, 0.15) is 25.8 Å². The van der Waals surface area contributed by atoms with Gasteiger partial charge in [-0.2, -0.15) is 0 Å². The van der Waals surface area contributed by atoms with Crippen LogP contribution in [0.15, 0.2) is 18.3 Å². The summed E-state index contributed by atoms with van der Waals surface area (Å²) < 4.78 is 4.42. The number of hydrogen-bond acceptors (Lipinski definition) is 2. The molecule has 11 heavy (non-hydrogen) atoms. The van der Waals surface area contributed by atoms with Crippen LogP contribution in [0.25, 0.3) is 0 Å². The number of nitrogens with one attached hydrogen (secondary N) is 1. The van der Waals surface area contributed by atoms with Crippen LogP contribution in [-0.4, -0.2) is 18.1 Å². The SMILES string of the molecule is CC.COC(=O)c1ccc[nH]1.[HH]. The van der Waals surface area contributed by atoms with Crippen LogP contribution in [0.5, 0.6) is 0 Å². The molecule has 64 valence electrons. The topological polar surface area (TPSA) is 42.1 Å². The lowest BCUT2D eigenvalue weighted by Gasteiger charge is -1.91. The highest BCUT2D eigenvalue weighted by Crippen LogP contribution is 1.94. The molecular formula is C8H15NO2. The zero-order valence-corrected chi connectivity index (χ0v) is 7.05. The highest BCUT2D eigenvalue weighted by Gasteiger charge is 2.02. The Morgan fingerprint density at radius 2 is 2.27 bits per heavy atom. The van der Waals surface area contributed by atoms with Gasteiger partial charge in [-0.25, -0.2) is 4.79 Å². The standard InChI is InChI=1S/C6H7NO2.C2H6.H2/c1-9-6(8)5-3-2-4-7-5;1-2;/h2-4,7H,1H3;1-2H3;1H. The van der Waals surface area contributed by atoms with Crippen molar-refractivity contribution in [1.29, 1.82) is 0 Å². The molecule has 0 atom stereocenters. The van der Waals surface area contributed by atoms with E-state index in [0.717, 1.165) is 0 Å². The average molecular weight is 157 g/mol. The van der Waals surface area contributed by atoms with Crippen LogP contribution in [0.3, 0.4) is 0 Å². The van der Waals surface area contributed by atoms with E-state index < -0.39 is 0 Å². The number of ether oxygens (including phenoxy) is 1. The normalized spacial score (nSPS) is 7.91. The molecule has 1 heterocycles. The first kappa shape index (κ1) is 9.75. The van der Waals surface area contributed by atoms with E-state index in [1.807, 2.05) is 13.8 Å². The third kappa shape index (κ3) is 2.89. The third-order valence-electron chi connectivity index (χ3n) is 1.00. The van der Waals surface area contributed by atoms with Gasteiger partial charge in [0.1, 0.15) is 5.69 Å². The van der Waals surface area contributed by atoms with Crippen LogP contribution >= 0.6 is 0 Å². The number of H-pyrrole nitrogens is 1. The van der Waals surface area contributed by atoms with E-state index in [2.05, 4.69) is 9.72 Å². The van der Waals surface area contributed by atoms with Crippen LogP contribution in [0, 0.1) is 0 Å². The first-order chi connectivity index (χ1) is 5.34. The maximum atomic E-state index is 10.6. The van der Waals surface area contributed by atoms with E-state index in [0.29, 0.717) is 5.69 Å². The Hall–Kier alpha value is -1.25. The van der Waals surface area contributed by atoms with Crippen LogP contribution in [0.2, 0.25) is 0 Å². The minimum absolute atomic E-state index is 0. The Bertz CT molecular complexity index is 197. The fraction of sp³-hybridized carbons (Fsp3) is 0.375. The van der Waals surface area contributed by atoms with E-state index in [1.54, 1.807) is 18.3 Å². The highest BCUT2D eigenvalue weighted by molar-refractivity contribution is 5.87. The molecule has 0 saturated heterocycles. The second-order valence-corrected chi connectivity index (χ2v) is 1.58. The van der Waals surface area contributed by atoms with Crippen molar-refractivity contribution in [2.24, 2.45) is 0 Å². The number of carbonyl (C=O) groups excluding carboxylic acids is 1.